The number of carboxylic acids is 1. The second-order valence-corrected chi connectivity index (χ2v) is 5.93. The summed E-state index contributed by atoms with van der Waals surface area (Å²) in [6.45, 7) is 7.75. The summed E-state index contributed by atoms with van der Waals surface area (Å²) in [5.74, 6) is -1.04. The molecule has 0 bridgehead atoms. The molecule has 7 heteroatoms. The molecular weight excluding hydrogens is 244 g/mol. The van der Waals surface area contributed by atoms with Gasteiger partial charge in [0.2, 0.25) is 0 Å². The fraction of sp³-hybridized carbons (Fsp3) is 0.900. The van der Waals surface area contributed by atoms with Gasteiger partial charge in [-0.2, -0.15) is 17.4 Å². The minimum atomic E-state index is -3.71. The van der Waals surface area contributed by atoms with Crippen molar-refractivity contribution < 1.29 is 18.3 Å². The number of rotatable bonds is 8. The Kier molecular flexibility index (Phi) is 6.66. The van der Waals surface area contributed by atoms with Gasteiger partial charge in [0, 0.05) is 13.1 Å². The van der Waals surface area contributed by atoms with E-state index in [-0.39, 0.29) is 12.3 Å². The van der Waals surface area contributed by atoms with Gasteiger partial charge < -0.3 is 5.11 Å². The van der Waals surface area contributed by atoms with Crippen molar-refractivity contribution in [3.05, 3.63) is 0 Å². The van der Waals surface area contributed by atoms with Crippen LogP contribution < -0.4 is 4.72 Å². The number of carboxylic acid groups (broad SMARTS) is 1. The molecule has 0 aliphatic heterocycles. The highest BCUT2D eigenvalue weighted by atomic mass is 32.2. The molecule has 0 heterocycles. The molecule has 102 valence electrons. The van der Waals surface area contributed by atoms with Gasteiger partial charge in [0.05, 0.1) is 0 Å². The molecule has 0 fully saturated rings. The minimum Gasteiger partial charge on any atom is -0.480 e. The minimum absolute atomic E-state index is 0.107. The van der Waals surface area contributed by atoms with Crippen molar-refractivity contribution in [2.24, 2.45) is 5.92 Å². The fourth-order valence-corrected chi connectivity index (χ4v) is 2.87. The van der Waals surface area contributed by atoms with Gasteiger partial charge in [0.25, 0.3) is 10.2 Å². The van der Waals surface area contributed by atoms with E-state index in [4.69, 9.17) is 5.11 Å². The maximum absolute atomic E-state index is 11.8. The molecule has 0 radical (unpaired) electrons. The lowest BCUT2D eigenvalue weighted by Crippen LogP contribution is -2.48. The molecule has 0 saturated heterocycles. The Morgan fingerprint density at radius 1 is 1.29 bits per heavy atom. The molecule has 1 unspecified atom stereocenters. The Morgan fingerprint density at radius 2 is 1.76 bits per heavy atom. The van der Waals surface area contributed by atoms with E-state index in [9.17, 15) is 13.2 Å². The van der Waals surface area contributed by atoms with Crippen molar-refractivity contribution in [2.45, 2.75) is 40.2 Å². The summed E-state index contributed by atoms with van der Waals surface area (Å²) >= 11 is 0. The second kappa shape index (κ2) is 6.93. The molecule has 0 rings (SSSR count). The predicted octanol–water partition coefficient (Wildman–Crippen LogP) is 0.662. The summed E-state index contributed by atoms with van der Waals surface area (Å²) in [7, 11) is -3.71. The number of hydrogen-bond acceptors (Lipinski definition) is 3. The summed E-state index contributed by atoms with van der Waals surface area (Å²) in [6, 6.07) is -1.07. The smallest absolute Gasteiger partial charge is 0.321 e. The Morgan fingerprint density at radius 3 is 2.06 bits per heavy atom. The zero-order valence-corrected chi connectivity index (χ0v) is 11.6. The van der Waals surface area contributed by atoms with Crippen LogP contribution in [0.2, 0.25) is 0 Å². The van der Waals surface area contributed by atoms with Crippen LogP contribution in [0.5, 0.6) is 0 Å². The predicted molar refractivity (Wildman–Crippen MR) is 65.9 cm³/mol. The number of nitrogens with one attached hydrogen (secondary N) is 1. The van der Waals surface area contributed by atoms with Crippen LogP contribution in [0.1, 0.15) is 34.1 Å². The van der Waals surface area contributed by atoms with Gasteiger partial charge >= 0.3 is 5.97 Å². The fourth-order valence-electron chi connectivity index (χ4n) is 1.49. The lowest BCUT2D eigenvalue weighted by Gasteiger charge is -2.22. The molecule has 0 aliphatic carbocycles. The van der Waals surface area contributed by atoms with E-state index >= 15 is 0 Å². The van der Waals surface area contributed by atoms with Crippen molar-refractivity contribution in [1.82, 2.24) is 9.03 Å². The van der Waals surface area contributed by atoms with Gasteiger partial charge in [-0.3, -0.25) is 4.79 Å². The molecular formula is C10H22N2O4S. The van der Waals surface area contributed by atoms with E-state index in [0.717, 1.165) is 0 Å². The summed E-state index contributed by atoms with van der Waals surface area (Å²) in [6.07, 6.45) is 0.274. The van der Waals surface area contributed by atoms with Gasteiger partial charge in [0.15, 0.2) is 0 Å². The van der Waals surface area contributed by atoms with E-state index in [1.807, 2.05) is 13.8 Å². The van der Waals surface area contributed by atoms with E-state index in [0.29, 0.717) is 13.1 Å². The van der Waals surface area contributed by atoms with Crippen molar-refractivity contribution in [3.8, 4) is 0 Å². The lowest BCUT2D eigenvalue weighted by atomic mass is 10.1. The van der Waals surface area contributed by atoms with Gasteiger partial charge in [0.1, 0.15) is 6.04 Å². The number of carbonyl (C=O) groups is 1. The Labute approximate surface area is 103 Å². The summed E-state index contributed by atoms with van der Waals surface area (Å²) in [4.78, 5) is 11.0. The highest BCUT2D eigenvalue weighted by Crippen LogP contribution is 2.08. The van der Waals surface area contributed by atoms with Crippen LogP contribution in [-0.4, -0.2) is 42.9 Å². The summed E-state index contributed by atoms with van der Waals surface area (Å²) in [5.41, 5.74) is 0. The van der Waals surface area contributed by atoms with Crippen molar-refractivity contribution in [3.63, 3.8) is 0 Å². The zero-order valence-electron chi connectivity index (χ0n) is 10.8. The topological polar surface area (TPSA) is 86.7 Å². The molecule has 0 aliphatic rings. The molecule has 0 saturated carbocycles. The van der Waals surface area contributed by atoms with E-state index < -0.39 is 22.2 Å². The van der Waals surface area contributed by atoms with E-state index in [2.05, 4.69) is 4.72 Å². The monoisotopic (exact) mass is 266 g/mol. The van der Waals surface area contributed by atoms with Crippen LogP contribution in [0.4, 0.5) is 0 Å². The molecule has 6 nitrogen and oxygen atoms in total. The highest BCUT2D eigenvalue weighted by Gasteiger charge is 2.27. The van der Waals surface area contributed by atoms with Crippen molar-refractivity contribution >= 4 is 16.2 Å². The third-order valence-electron chi connectivity index (χ3n) is 2.34. The Hall–Kier alpha value is -0.660. The first-order valence-corrected chi connectivity index (χ1v) is 7.18. The molecule has 2 N–H and O–H groups in total. The molecule has 0 aromatic carbocycles. The van der Waals surface area contributed by atoms with E-state index in [1.165, 1.54) is 4.31 Å². The van der Waals surface area contributed by atoms with Gasteiger partial charge in [-0.05, 0) is 12.3 Å². The maximum Gasteiger partial charge on any atom is 0.321 e. The third-order valence-corrected chi connectivity index (χ3v) is 4.12. The quantitative estimate of drug-likeness (QED) is 0.675. The summed E-state index contributed by atoms with van der Waals surface area (Å²) in [5, 5.41) is 8.97. The van der Waals surface area contributed by atoms with Gasteiger partial charge in [-0.1, -0.05) is 27.7 Å². The van der Waals surface area contributed by atoms with Crippen molar-refractivity contribution in [1.29, 1.82) is 0 Å². The number of hydrogen-bond donors (Lipinski definition) is 2. The molecule has 0 aromatic rings. The van der Waals surface area contributed by atoms with Crippen LogP contribution in [0.3, 0.4) is 0 Å². The Bertz CT molecular complexity index is 336. The first-order chi connectivity index (χ1) is 7.74. The largest absolute Gasteiger partial charge is 0.480 e. The van der Waals surface area contributed by atoms with Crippen LogP contribution in [0, 0.1) is 5.92 Å². The van der Waals surface area contributed by atoms with Gasteiger partial charge in [-0.25, -0.2) is 0 Å². The highest BCUT2D eigenvalue weighted by molar-refractivity contribution is 7.87. The SMILES string of the molecule is CCN(CC)S(=O)(=O)NC(CC(C)C)C(=O)O. The molecule has 0 aromatic heterocycles. The summed E-state index contributed by atoms with van der Waals surface area (Å²) < 4.78 is 27.1. The van der Waals surface area contributed by atoms with E-state index in [1.54, 1.807) is 13.8 Å². The average Bonchev–Trinajstić information content (AvgIpc) is 2.16. The average molecular weight is 266 g/mol. The third kappa shape index (κ3) is 5.47. The first kappa shape index (κ1) is 16.3. The Balaban J connectivity index is 4.80. The maximum atomic E-state index is 11.8. The molecule has 0 spiro atoms. The lowest BCUT2D eigenvalue weighted by molar-refractivity contribution is -0.139. The van der Waals surface area contributed by atoms with Crippen LogP contribution >= 0.6 is 0 Å². The molecule has 17 heavy (non-hydrogen) atoms. The molecule has 0 amide bonds. The zero-order chi connectivity index (χ0) is 13.6. The molecule has 1 atom stereocenters. The normalized spacial score (nSPS) is 14.2. The van der Waals surface area contributed by atoms with Gasteiger partial charge in [-0.15, -0.1) is 0 Å². The number of aliphatic carboxylic acids is 1. The number of nitrogens with zero attached hydrogens (tertiary/aromatic N) is 1. The standard InChI is InChI=1S/C10H22N2O4S/c1-5-12(6-2)17(15,16)11-9(10(13)14)7-8(3)4/h8-9,11H,5-7H2,1-4H3,(H,13,14). The first-order valence-electron chi connectivity index (χ1n) is 5.74. The van der Waals surface area contributed by atoms with Crippen LogP contribution in [0.15, 0.2) is 0 Å². The van der Waals surface area contributed by atoms with Crippen LogP contribution in [-0.2, 0) is 15.0 Å². The van der Waals surface area contributed by atoms with Crippen molar-refractivity contribution in [2.75, 3.05) is 13.1 Å². The second-order valence-electron chi connectivity index (χ2n) is 4.23. The van der Waals surface area contributed by atoms with Crippen LogP contribution in [0.25, 0.3) is 0 Å².